The van der Waals surface area contributed by atoms with Gasteiger partial charge in [0.05, 0.1) is 23.6 Å². The zero-order valence-electron chi connectivity index (χ0n) is 24.1. The van der Waals surface area contributed by atoms with Crippen LogP contribution < -0.4 is 9.64 Å². The van der Waals surface area contributed by atoms with Gasteiger partial charge in [-0.1, -0.05) is 17.7 Å². The number of nitriles is 1. The number of carboxylic acids is 1. The fourth-order valence-corrected chi connectivity index (χ4v) is 7.73. The maximum Gasteiger partial charge on any atom is 0.307 e. The van der Waals surface area contributed by atoms with Crippen LogP contribution in [0.2, 0.25) is 0 Å². The van der Waals surface area contributed by atoms with Gasteiger partial charge in [0.25, 0.3) is 5.91 Å². The van der Waals surface area contributed by atoms with Gasteiger partial charge in [-0.05, 0) is 86.8 Å². The average molecular weight is 585 g/mol. The molecule has 2 saturated heterocycles. The second kappa shape index (κ2) is 11.8. The van der Waals surface area contributed by atoms with E-state index in [4.69, 9.17) is 9.72 Å². The van der Waals surface area contributed by atoms with Crippen LogP contribution in [0.1, 0.15) is 52.7 Å². The van der Waals surface area contributed by atoms with Crippen LogP contribution in [0.3, 0.4) is 0 Å². The van der Waals surface area contributed by atoms with E-state index in [1.165, 1.54) is 0 Å². The van der Waals surface area contributed by atoms with Crippen LogP contribution in [0.5, 0.6) is 5.75 Å². The van der Waals surface area contributed by atoms with Crippen molar-refractivity contribution in [2.75, 3.05) is 31.1 Å². The number of aryl methyl sites for hydroxylation is 2. The van der Waals surface area contributed by atoms with Gasteiger partial charge in [-0.3, -0.25) is 9.59 Å². The van der Waals surface area contributed by atoms with Crippen LogP contribution in [0.4, 0.5) is 5.13 Å². The molecule has 1 saturated carbocycles. The molecule has 2 bridgehead atoms. The van der Waals surface area contributed by atoms with Crippen molar-refractivity contribution in [3.63, 3.8) is 0 Å². The molecule has 9 heteroatoms. The summed E-state index contributed by atoms with van der Waals surface area (Å²) in [5.41, 5.74) is 5.53. The Balaban J connectivity index is 1.15. The van der Waals surface area contributed by atoms with Crippen molar-refractivity contribution in [3.8, 4) is 23.1 Å². The van der Waals surface area contributed by atoms with Gasteiger partial charge in [-0.2, -0.15) is 5.26 Å². The topological polar surface area (TPSA) is 107 Å². The molecular formula is C33H36N4O4S. The number of fused-ring (bicyclic) bond motifs is 2. The summed E-state index contributed by atoms with van der Waals surface area (Å²) in [6, 6.07) is 14.1. The van der Waals surface area contributed by atoms with Gasteiger partial charge < -0.3 is 19.6 Å². The number of piperidine rings is 2. The molecule has 2 aromatic carbocycles. The number of anilines is 1. The van der Waals surface area contributed by atoms with E-state index in [1.54, 1.807) is 16.2 Å². The smallest absolute Gasteiger partial charge is 0.307 e. The number of rotatable bonds is 7. The van der Waals surface area contributed by atoms with Crippen LogP contribution in [0.25, 0.3) is 11.3 Å². The lowest BCUT2D eigenvalue weighted by atomic mass is 9.85. The Kier molecular flexibility index (Phi) is 7.91. The minimum absolute atomic E-state index is 0.0223. The first-order valence-corrected chi connectivity index (χ1v) is 15.6. The summed E-state index contributed by atoms with van der Waals surface area (Å²) in [6.07, 6.45) is 3.66. The third-order valence-corrected chi connectivity index (χ3v) is 10.1. The van der Waals surface area contributed by atoms with Gasteiger partial charge in [0.2, 0.25) is 0 Å². The molecule has 3 heterocycles. The first kappa shape index (κ1) is 28.2. The maximum atomic E-state index is 13.1. The molecule has 3 aromatic rings. The highest BCUT2D eigenvalue weighted by atomic mass is 32.1. The molecule has 1 N–H and O–H groups in total. The summed E-state index contributed by atoms with van der Waals surface area (Å²) in [5, 5.41) is 22.0. The zero-order valence-corrected chi connectivity index (χ0v) is 24.9. The number of hydrogen-bond donors (Lipinski definition) is 1. The van der Waals surface area contributed by atoms with Crippen molar-refractivity contribution < 1.29 is 19.4 Å². The van der Waals surface area contributed by atoms with E-state index >= 15 is 0 Å². The van der Waals surface area contributed by atoms with Crippen molar-refractivity contribution in [2.24, 2.45) is 23.7 Å². The van der Waals surface area contributed by atoms with Gasteiger partial charge in [0.1, 0.15) is 12.4 Å². The summed E-state index contributed by atoms with van der Waals surface area (Å²) in [4.78, 5) is 33.9. The van der Waals surface area contributed by atoms with Gasteiger partial charge in [0, 0.05) is 42.7 Å². The van der Waals surface area contributed by atoms with E-state index in [0.29, 0.717) is 25.3 Å². The van der Waals surface area contributed by atoms with E-state index in [1.807, 2.05) is 37.3 Å². The monoisotopic (exact) mass is 584 g/mol. The fraction of sp³-hybridized carbons (Fsp3) is 0.455. The van der Waals surface area contributed by atoms with Gasteiger partial charge in [0.15, 0.2) is 5.13 Å². The molecule has 2 aliphatic heterocycles. The number of benzene rings is 2. The van der Waals surface area contributed by atoms with E-state index in [2.05, 4.69) is 29.3 Å². The molecule has 0 radical (unpaired) electrons. The average Bonchev–Trinajstić information content (AvgIpc) is 3.59. The summed E-state index contributed by atoms with van der Waals surface area (Å²) >= 11 is 1.60. The molecule has 1 aliphatic carbocycles. The predicted octanol–water partition coefficient (Wildman–Crippen LogP) is 5.93. The Bertz CT molecular complexity index is 1530. The number of likely N-dealkylation sites (tertiary alicyclic amines) is 1. The number of thiazole rings is 1. The number of hydrogen-bond acceptors (Lipinski definition) is 7. The van der Waals surface area contributed by atoms with Crippen LogP contribution in [0.15, 0.2) is 41.8 Å². The molecule has 3 unspecified atom stereocenters. The van der Waals surface area contributed by atoms with E-state index < -0.39 is 5.97 Å². The van der Waals surface area contributed by atoms with Crippen LogP contribution in [0, 0.1) is 48.9 Å². The molecule has 218 valence electrons. The van der Waals surface area contributed by atoms with Crippen molar-refractivity contribution in [1.82, 2.24) is 9.88 Å². The molecule has 3 aliphatic rings. The van der Waals surface area contributed by atoms with Crippen molar-refractivity contribution >= 4 is 28.3 Å². The molecule has 3 atom stereocenters. The van der Waals surface area contributed by atoms with Crippen molar-refractivity contribution in [2.45, 2.75) is 46.1 Å². The maximum absolute atomic E-state index is 13.1. The third-order valence-electron chi connectivity index (χ3n) is 9.16. The lowest BCUT2D eigenvalue weighted by molar-refractivity contribution is -0.144. The third kappa shape index (κ3) is 5.60. The second-order valence-corrected chi connectivity index (χ2v) is 12.9. The molecular weight excluding hydrogens is 548 g/mol. The van der Waals surface area contributed by atoms with Crippen molar-refractivity contribution in [3.05, 3.63) is 64.0 Å². The number of aliphatic carboxylic acids is 1. The summed E-state index contributed by atoms with van der Waals surface area (Å²) in [6.45, 7) is 7.08. The largest absolute Gasteiger partial charge is 0.488 e. The second-order valence-electron chi connectivity index (χ2n) is 12.0. The molecule has 8 nitrogen and oxygen atoms in total. The molecule has 1 aromatic heterocycles. The normalized spacial score (nSPS) is 23.5. The highest BCUT2D eigenvalue weighted by Gasteiger charge is 2.46. The molecule has 1 amide bonds. The zero-order chi connectivity index (χ0) is 29.4. The summed E-state index contributed by atoms with van der Waals surface area (Å²) in [5.74, 6) is 0.123. The van der Waals surface area contributed by atoms with Gasteiger partial charge in [-0.15, -0.1) is 11.3 Å². The highest BCUT2D eigenvalue weighted by Crippen LogP contribution is 2.44. The lowest BCUT2D eigenvalue weighted by Gasteiger charge is -2.35. The number of carbonyl (C=O) groups excluding carboxylic acids is 1. The summed E-state index contributed by atoms with van der Waals surface area (Å²) in [7, 11) is 0. The number of carbonyl (C=O) groups is 2. The van der Waals surface area contributed by atoms with Gasteiger partial charge in [-0.25, -0.2) is 4.98 Å². The standard InChI is InChI=1S/C33H36N4O4S/c1-20-5-10-29(41-18-26-9-6-23(13-21(26)2)31(38)36-11-3-4-22(14-34)15-36)27(12-20)28-19-42-33(35-28)37-16-24-7-8-25(17-37)30(24)32(39)40/h5-6,9-10,12-13,19,22,24-25,30H,3-4,7-8,11,15-18H2,1-2H3,(H,39,40). The molecule has 3 fully saturated rings. The number of nitrogens with zero attached hydrogens (tertiary/aromatic N) is 4. The Morgan fingerprint density at radius 1 is 1.10 bits per heavy atom. The van der Waals surface area contributed by atoms with E-state index in [9.17, 15) is 20.0 Å². The Morgan fingerprint density at radius 3 is 2.60 bits per heavy atom. The predicted molar refractivity (Wildman–Crippen MR) is 162 cm³/mol. The minimum atomic E-state index is -0.657. The van der Waals surface area contributed by atoms with Gasteiger partial charge >= 0.3 is 5.97 Å². The summed E-state index contributed by atoms with van der Waals surface area (Å²) < 4.78 is 6.35. The molecule has 6 rings (SSSR count). The molecule has 42 heavy (non-hydrogen) atoms. The number of aromatic nitrogens is 1. The fourth-order valence-electron chi connectivity index (χ4n) is 6.88. The van der Waals surface area contributed by atoms with E-state index in [0.717, 1.165) is 77.6 Å². The van der Waals surface area contributed by atoms with Crippen LogP contribution in [-0.4, -0.2) is 53.0 Å². The first-order chi connectivity index (χ1) is 20.3. The van der Waals surface area contributed by atoms with Crippen LogP contribution in [-0.2, 0) is 11.4 Å². The number of carboxylic acid groups (broad SMARTS) is 1. The molecule has 0 spiro atoms. The number of amides is 1. The Labute approximate surface area is 250 Å². The van der Waals surface area contributed by atoms with Crippen LogP contribution >= 0.6 is 11.3 Å². The number of ether oxygens (including phenoxy) is 1. The highest BCUT2D eigenvalue weighted by molar-refractivity contribution is 7.14. The quantitative estimate of drug-likeness (QED) is 0.367. The van der Waals surface area contributed by atoms with Crippen molar-refractivity contribution in [1.29, 1.82) is 5.26 Å². The Morgan fingerprint density at radius 2 is 1.88 bits per heavy atom. The SMILES string of the molecule is Cc1ccc(OCc2ccc(C(=O)N3CCCC(C#N)C3)cc2C)c(-c2csc(N3CC4CCC(C3)C4C(=O)O)n2)c1. The minimum Gasteiger partial charge on any atom is -0.488 e. The Hall–Kier alpha value is -3.90. The lowest BCUT2D eigenvalue weighted by Crippen LogP contribution is -2.44. The first-order valence-electron chi connectivity index (χ1n) is 14.8. The van der Waals surface area contributed by atoms with E-state index in [-0.39, 0.29) is 29.6 Å².